The van der Waals surface area contributed by atoms with Crippen LogP contribution in [0.2, 0.25) is 0 Å². The molecule has 128 valence electrons. The monoisotopic (exact) mass is 334 g/mol. The molecule has 1 aliphatic rings. The van der Waals surface area contributed by atoms with Crippen LogP contribution in [-0.2, 0) is 4.74 Å². The number of ether oxygens (including phenoxy) is 1. The number of rotatable bonds is 3. The summed E-state index contributed by atoms with van der Waals surface area (Å²) in [7, 11) is 0. The van der Waals surface area contributed by atoms with Crippen molar-refractivity contribution in [3.05, 3.63) is 47.5 Å². The van der Waals surface area contributed by atoms with Crippen molar-refractivity contribution in [1.82, 2.24) is 0 Å². The van der Waals surface area contributed by atoms with Gasteiger partial charge in [0.2, 0.25) is 0 Å². The Kier molecular flexibility index (Phi) is 4.23. The maximum absolute atomic E-state index is 10.6. The van der Waals surface area contributed by atoms with E-state index in [-0.39, 0.29) is 29.6 Å². The van der Waals surface area contributed by atoms with Gasteiger partial charge in [0.1, 0.15) is 6.10 Å². The second-order valence-electron chi connectivity index (χ2n) is 5.83. The first-order chi connectivity index (χ1) is 11.4. The molecule has 1 aliphatic heterocycles. The number of aromatic hydroxyl groups is 4. The summed E-state index contributed by atoms with van der Waals surface area (Å²) in [5.41, 5.74) is 0.819. The van der Waals surface area contributed by atoms with E-state index in [4.69, 9.17) is 4.74 Å². The molecule has 0 aromatic heterocycles. The van der Waals surface area contributed by atoms with Crippen molar-refractivity contribution in [2.24, 2.45) is 0 Å². The molecule has 3 rings (SSSR count). The Balaban J connectivity index is 1.93. The molecule has 6 N–H and O–H groups in total. The van der Waals surface area contributed by atoms with Gasteiger partial charge in [-0.25, -0.2) is 0 Å². The molecule has 0 aliphatic carbocycles. The first-order valence-electron chi connectivity index (χ1n) is 7.40. The molecule has 24 heavy (non-hydrogen) atoms. The minimum absolute atomic E-state index is 0.00189. The summed E-state index contributed by atoms with van der Waals surface area (Å²) < 4.78 is 5.50. The Morgan fingerprint density at radius 1 is 0.875 bits per heavy atom. The van der Waals surface area contributed by atoms with E-state index in [9.17, 15) is 30.6 Å². The summed E-state index contributed by atoms with van der Waals surface area (Å²) in [6.45, 7) is -0.00189. The van der Waals surface area contributed by atoms with E-state index in [1.807, 2.05) is 0 Å². The first-order valence-corrected chi connectivity index (χ1v) is 7.40. The van der Waals surface area contributed by atoms with Crippen LogP contribution in [0.1, 0.15) is 23.1 Å². The summed E-state index contributed by atoms with van der Waals surface area (Å²) in [5, 5.41) is 58.8. The van der Waals surface area contributed by atoms with Gasteiger partial charge in [0.25, 0.3) is 0 Å². The molecule has 4 atom stereocenters. The van der Waals surface area contributed by atoms with Crippen molar-refractivity contribution in [2.75, 3.05) is 6.61 Å². The molecule has 7 nitrogen and oxygen atoms in total. The highest BCUT2D eigenvalue weighted by Crippen LogP contribution is 2.41. The van der Waals surface area contributed by atoms with E-state index in [0.29, 0.717) is 11.1 Å². The van der Waals surface area contributed by atoms with Gasteiger partial charge in [-0.3, -0.25) is 0 Å². The van der Waals surface area contributed by atoms with Crippen LogP contribution in [0.3, 0.4) is 0 Å². The largest absolute Gasteiger partial charge is 0.504 e. The van der Waals surface area contributed by atoms with E-state index in [1.54, 1.807) is 0 Å². The SMILES string of the molecule is Oc1ccc([C@@H]2[C@@H]([C@@H](O)c3ccc(O)c(O)c3)OC[C@@H]2O)cc1O. The lowest BCUT2D eigenvalue weighted by molar-refractivity contribution is -0.0101. The van der Waals surface area contributed by atoms with Gasteiger partial charge in [-0.05, 0) is 35.4 Å². The van der Waals surface area contributed by atoms with Crippen LogP contribution in [0.15, 0.2) is 36.4 Å². The van der Waals surface area contributed by atoms with Gasteiger partial charge < -0.3 is 35.4 Å². The summed E-state index contributed by atoms with van der Waals surface area (Å²) in [4.78, 5) is 0. The lowest BCUT2D eigenvalue weighted by Gasteiger charge is -2.26. The summed E-state index contributed by atoms with van der Waals surface area (Å²) >= 11 is 0. The molecule has 2 aromatic rings. The van der Waals surface area contributed by atoms with Crippen molar-refractivity contribution in [1.29, 1.82) is 0 Å². The van der Waals surface area contributed by atoms with Crippen molar-refractivity contribution in [3.8, 4) is 23.0 Å². The van der Waals surface area contributed by atoms with E-state index in [2.05, 4.69) is 0 Å². The molecule has 0 spiro atoms. The molecule has 1 heterocycles. The van der Waals surface area contributed by atoms with Crippen molar-refractivity contribution in [2.45, 2.75) is 24.2 Å². The van der Waals surface area contributed by atoms with Gasteiger partial charge in [0.15, 0.2) is 23.0 Å². The third kappa shape index (κ3) is 2.84. The van der Waals surface area contributed by atoms with Crippen LogP contribution in [-0.4, -0.2) is 49.5 Å². The van der Waals surface area contributed by atoms with Gasteiger partial charge in [0, 0.05) is 5.92 Å². The molecular formula is C17H18O7. The highest BCUT2D eigenvalue weighted by atomic mass is 16.5. The molecule has 0 unspecified atom stereocenters. The smallest absolute Gasteiger partial charge is 0.157 e. The minimum atomic E-state index is -1.17. The van der Waals surface area contributed by atoms with E-state index in [1.165, 1.54) is 36.4 Å². The Bertz CT molecular complexity index is 746. The third-order valence-electron chi connectivity index (χ3n) is 4.26. The average molecular weight is 334 g/mol. The molecule has 0 bridgehead atoms. The fraction of sp³-hybridized carbons (Fsp3) is 0.294. The van der Waals surface area contributed by atoms with Crippen LogP contribution in [0.25, 0.3) is 0 Å². The predicted octanol–water partition coefficient (Wildman–Crippen LogP) is 1.09. The zero-order valence-corrected chi connectivity index (χ0v) is 12.6. The number of phenols is 4. The maximum atomic E-state index is 10.6. The number of aliphatic hydroxyl groups is 2. The maximum Gasteiger partial charge on any atom is 0.157 e. The number of hydrogen-bond donors (Lipinski definition) is 6. The second-order valence-corrected chi connectivity index (χ2v) is 5.83. The summed E-state index contributed by atoms with van der Waals surface area (Å²) in [5.74, 6) is -1.93. The number of benzene rings is 2. The number of hydrogen-bond acceptors (Lipinski definition) is 7. The number of aliphatic hydroxyl groups excluding tert-OH is 2. The third-order valence-corrected chi connectivity index (χ3v) is 4.26. The molecule has 0 radical (unpaired) electrons. The normalized spacial score (nSPS) is 24.8. The fourth-order valence-electron chi connectivity index (χ4n) is 3.00. The topological polar surface area (TPSA) is 131 Å². The predicted molar refractivity (Wildman–Crippen MR) is 83.0 cm³/mol. The van der Waals surface area contributed by atoms with Gasteiger partial charge in [-0.1, -0.05) is 12.1 Å². The molecule has 2 aromatic carbocycles. The molecular weight excluding hydrogens is 316 g/mol. The Hall–Kier alpha value is -2.48. The lowest BCUT2D eigenvalue weighted by atomic mass is 9.86. The number of phenolic OH excluding ortho intramolecular Hbond substituents is 4. The standard InChI is InChI=1S/C17H18O7/c18-10-3-1-8(5-12(10)20)15-14(22)7-24-17(15)16(23)9-2-4-11(19)13(21)6-9/h1-6,14-23H,7H2/t14-,15-,16-,17-/m0/s1. The molecule has 0 saturated carbocycles. The van der Waals surface area contributed by atoms with Crippen molar-refractivity contribution in [3.63, 3.8) is 0 Å². The van der Waals surface area contributed by atoms with E-state index >= 15 is 0 Å². The van der Waals surface area contributed by atoms with Crippen molar-refractivity contribution < 1.29 is 35.4 Å². The second kappa shape index (κ2) is 6.20. The Morgan fingerprint density at radius 2 is 1.50 bits per heavy atom. The van der Waals surface area contributed by atoms with Gasteiger partial charge in [-0.15, -0.1) is 0 Å². The first kappa shape index (κ1) is 16.4. The van der Waals surface area contributed by atoms with Gasteiger partial charge in [-0.2, -0.15) is 0 Å². The Morgan fingerprint density at radius 3 is 2.12 bits per heavy atom. The fourth-order valence-corrected chi connectivity index (χ4v) is 3.00. The van der Waals surface area contributed by atoms with Crippen LogP contribution in [0.5, 0.6) is 23.0 Å². The van der Waals surface area contributed by atoms with E-state index < -0.39 is 24.2 Å². The highest BCUT2D eigenvalue weighted by molar-refractivity contribution is 5.44. The molecule has 0 amide bonds. The van der Waals surface area contributed by atoms with Gasteiger partial charge >= 0.3 is 0 Å². The zero-order chi connectivity index (χ0) is 17.4. The van der Waals surface area contributed by atoms with Crippen LogP contribution in [0, 0.1) is 0 Å². The summed E-state index contributed by atoms with van der Waals surface area (Å²) in [6.07, 6.45) is -2.90. The van der Waals surface area contributed by atoms with E-state index in [0.717, 1.165) is 0 Å². The van der Waals surface area contributed by atoms with Crippen LogP contribution >= 0.6 is 0 Å². The lowest BCUT2D eigenvalue weighted by Crippen LogP contribution is -2.27. The zero-order valence-electron chi connectivity index (χ0n) is 12.6. The molecule has 7 heteroatoms. The average Bonchev–Trinajstić information content (AvgIpc) is 2.93. The van der Waals surface area contributed by atoms with Crippen LogP contribution in [0.4, 0.5) is 0 Å². The Labute approximate surface area is 137 Å². The van der Waals surface area contributed by atoms with Crippen LogP contribution < -0.4 is 0 Å². The molecule has 1 fully saturated rings. The van der Waals surface area contributed by atoms with Gasteiger partial charge in [0.05, 0.1) is 18.8 Å². The minimum Gasteiger partial charge on any atom is -0.504 e. The quantitative estimate of drug-likeness (QED) is 0.463. The summed E-state index contributed by atoms with van der Waals surface area (Å²) in [6, 6.07) is 8.06. The van der Waals surface area contributed by atoms with Crippen molar-refractivity contribution >= 4 is 0 Å². The highest BCUT2D eigenvalue weighted by Gasteiger charge is 2.42. The molecule has 1 saturated heterocycles.